The molecule has 0 aliphatic carbocycles. The van der Waals surface area contributed by atoms with Crippen molar-refractivity contribution in [2.75, 3.05) is 23.9 Å². The number of carbonyl (C=O) groups is 1. The molecule has 1 fully saturated rings. The lowest BCUT2D eigenvalue weighted by Crippen LogP contribution is -2.29. The minimum atomic E-state index is -0.181. The minimum absolute atomic E-state index is 0.0178. The Bertz CT molecular complexity index is 1100. The summed E-state index contributed by atoms with van der Waals surface area (Å²) >= 11 is 7.51. The van der Waals surface area contributed by atoms with Gasteiger partial charge in [0, 0.05) is 29.6 Å². The zero-order chi connectivity index (χ0) is 22.0. The second-order valence-corrected chi connectivity index (χ2v) is 8.78. The molecule has 1 aromatic carbocycles. The van der Waals surface area contributed by atoms with E-state index in [0.717, 1.165) is 22.6 Å². The van der Waals surface area contributed by atoms with Crippen molar-refractivity contribution in [2.45, 2.75) is 25.9 Å². The molecule has 3 aromatic rings. The van der Waals surface area contributed by atoms with Gasteiger partial charge in [0.25, 0.3) is 0 Å². The van der Waals surface area contributed by atoms with Crippen LogP contribution < -0.4 is 15.5 Å². The summed E-state index contributed by atoms with van der Waals surface area (Å²) in [5, 5.41) is 9.13. The van der Waals surface area contributed by atoms with Crippen LogP contribution in [0.25, 0.3) is 0 Å². The van der Waals surface area contributed by atoms with E-state index < -0.39 is 0 Å². The maximum atomic E-state index is 11.9. The fourth-order valence-corrected chi connectivity index (χ4v) is 5.24. The summed E-state index contributed by atoms with van der Waals surface area (Å²) in [6.45, 7) is 4.12. The van der Waals surface area contributed by atoms with Crippen LogP contribution in [0.2, 0.25) is 0 Å². The summed E-state index contributed by atoms with van der Waals surface area (Å²) in [6.07, 6.45) is 1.81. The molecule has 1 amide bonds. The number of nitrogens with zero attached hydrogens (tertiary/aromatic N) is 2. The Labute approximate surface area is 191 Å². The number of benzene rings is 1. The van der Waals surface area contributed by atoms with Gasteiger partial charge in [-0.15, -0.1) is 11.3 Å². The molecule has 4 rings (SSSR count). The summed E-state index contributed by atoms with van der Waals surface area (Å²) in [5.41, 5.74) is 4.86. The second-order valence-electron chi connectivity index (χ2n) is 7.44. The highest BCUT2D eigenvalue weighted by atomic mass is 32.1. The van der Waals surface area contributed by atoms with Crippen LogP contribution in [0, 0.1) is 13.8 Å². The van der Waals surface area contributed by atoms with E-state index in [0.29, 0.717) is 5.11 Å². The molecule has 0 spiro atoms. The summed E-state index contributed by atoms with van der Waals surface area (Å²) in [4.78, 5) is 19.9. The number of pyridine rings is 1. The van der Waals surface area contributed by atoms with E-state index in [1.54, 1.807) is 11.3 Å². The van der Waals surface area contributed by atoms with Gasteiger partial charge >= 0.3 is 0 Å². The zero-order valence-corrected chi connectivity index (χ0v) is 19.2. The number of aryl methyl sites for hydroxylation is 2. The fraction of sp³-hybridized carbons (Fsp3) is 0.261. The first-order chi connectivity index (χ1) is 15.0. The SMILES string of the molecule is COCC(=O)Nc1ccc(N2C(=S)NC(c3ccccn3)C2c2sccc2C)cc1C. The number of nitrogens with one attached hydrogen (secondary N) is 2. The molecule has 31 heavy (non-hydrogen) atoms. The van der Waals surface area contributed by atoms with Gasteiger partial charge in [-0.1, -0.05) is 6.07 Å². The first-order valence-electron chi connectivity index (χ1n) is 9.93. The molecule has 0 radical (unpaired) electrons. The van der Waals surface area contributed by atoms with Crippen molar-refractivity contribution >= 4 is 45.9 Å². The maximum absolute atomic E-state index is 11.9. The van der Waals surface area contributed by atoms with Crippen molar-refractivity contribution in [3.05, 3.63) is 75.7 Å². The number of carbonyl (C=O) groups excluding carboxylic acids is 1. The highest BCUT2D eigenvalue weighted by Gasteiger charge is 2.42. The quantitative estimate of drug-likeness (QED) is 0.536. The average molecular weight is 453 g/mol. The topological polar surface area (TPSA) is 66.5 Å². The zero-order valence-electron chi connectivity index (χ0n) is 17.6. The first kappa shape index (κ1) is 21.4. The van der Waals surface area contributed by atoms with E-state index in [-0.39, 0.29) is 24.6 Å². The van der Waals surface area contributed by atoms with Crippen molar-refractivity contribution < 1.29 is 9.53 Å². The predicted octanol–water partition coefficient (Wildman–Crippen LogP) is 4.52. The third-order valence-corrected chi connectivity index (χ3v) is 6.71. The van der Waals surface area contributed by atoms with E-state index in [1.165, 1.54) is 17.6 Å². The lowest BCUT2D eigenvalue weighted by molar-refractivity contribution is -0.119. The molecule has 0 bridgehead atoms. The van der Waals surface area contributed by atoms with E-state index in [2.05, 4.69) is 38.9 Å². The molecule has 1 saturated heterocycles. The number of ether oxygens (including phenoxy) is 1. The third kappa shape index (κ3) is 4.32. The van der Waals surface area contributed by atoms with E-state index in [9.17, 15) is 4.79 Å². The van der Waals surface area contributed by atoms with Crippen LogP contribution in [0.3, 0.4) is 0 Å². The number of anilines is 2. The summed E-state index contributed by atoms with van der Waals surface area (Å²) in [7, 11) is 1.50. The maximum Gasteiger partial charge on any atom is 0.250 e. The molecular formula is C23H24N4O2S2. The minimum Gasteiger partial charge on any atom is -0.375 e. The van der Waals surface area contributed by atoms with E-state index >= 15 is 0 Å². The van der Waals surface area contributed by atoms with Gasteiger partial charge in [0.2, 0.25) is 5.91 Å². The molecule has 160 valence electrons. The number of aromatic nitrogens is 1. The first-order valence-corrected chi connectivity index (χ1v) is 11.2. The number of hydrogen-bond donors (Lipinski definition) is 2. The number of methoxy groups -OCH3 is 1. The van der Waals surface area contributed by atoms with Gasteiger partial charge in [0.1, 0.15) is 6.61 Å². The van der Waals surface area contributed by atoms with Gasteiger partial charge < -0.3 is 20.3 Å². The van der Waals surface area contributed by atoms with Gasteiger partial charge in [0.05, 0.1) is 17.8 Å². The number of thiophene rings is 1. The largest absolute Gasteiger partial charge is 0.375 e. The lowest BCUT2D eigenvalue weighted by Gasteiger charge is -2.28. The Hall–Kier alpha value is -2.81. The molecular weight excluding hydrogens is 428 g/mol. The molecule has 2 unspecified atom stereocenters. The molecule has 2 N–H and O–H groups in total. The summed E-state index contributed by atoms with van der Waals surface area (Å²) in [6, 6.07) is 13.9. The second kappa shape index (κ2) is 9.13. The number of amides is 1. The van der Waals surface area contributed by atoms with Crippen molar-refractivity contribution in [1.29, 1.82) is 0 Å². The molecule has 1 aliphatic heterocycles. The molecule has 0 saturated carbocycles. The van der Waals surface area contributed by atoms with Crippen LogP contribution in [0.5, 0.6) is 0 Å². The Balaban J connectivity index is 1.72. The predicted molar refractivity (Wildman–Crippen MR) is 129 cm³/mol. The van der Waals surface area contributed by atoms with Crippen molar-refractivity contribution in [3.63, 3.8) is 0 Å². The van der Waals surface area contributed by atoms with Crippen LogP contribution in [-0.2, 0) is 9.53 Å². The van der Waals surface area contributed by atoms with Crippen LogP contribution in [0.15, 0.2) is 54.0 Å². The van der Waals surface area contributed by atoms with Crippen molar-refractivity contribution in [1.82, 2.24) is 10.3 Å². The summed E-state index contributed by atoms with van der Waals surface area (Å²) < 4.78 is 4.90. The van der Waals surface area contributed by atoms with Gasteiger partial charge in [-0.3, -0.25) is 9.78 Å². The lowest BCUT2D eigenvalue weighted by atomic mass is 10.00. The number of rotatable bonds is 6. The Morgan fingerprint density at radius 1 is 1.26 bits per heavy atom. The Morgan fingerprint density at radius 3 is 2.74 bits per heavy atom. The van der Waals surface area contributed by atoms with E-state index in [4.69, 9.17) is 17.0 Å². The highest BCUT2D eigenvalue weighted by molar-refractivity contribution is 7.80. The Morgan fingerprint density at radius 2 is 2.10 bits per heavy atom. The standard InChI is InChI=1S/C23H24N4O2S2/c1-14-9-11-31-22(14)21-20(18-6-4-5-10-24-18)26-23(30)27(21)16-7-8-17(15(2)12-16)25-19(28)13-29-3/h4-12,20-21H,13H2,1-3H3,(H,25,28)(H,26,30). The van der Waals surface area contributed by atoms with Crippen LogP contribution in [0.1, 0.15) is 33.8 Å². The molecule has 2 atom stereocenters. The van der Waals surface area contributed by atoms with Gasteiger partial charge in [-0.05, 0) is 79.0 Å². The van der Waals surface area contributed by atoms with Gasteiger partial charge in [0.15, 0.2) is 5.11 Å². The molecule has 6 nitrogen and oxygen atoms in total. The normalized spacial score (nSPS) is 18.2. The monoisotopic (exact) mass is 452 g/mol. The third-order valence-electron chi connectivity index (χ3n) is 5.31. The summed E-state index contributed by atoms with van der Waals surface area (Å²) in [5.74, 6) is -0.181. The van der Waals surface area contributed by atoms with Gasteiger partial charge in [-0.2, -0.15) is 0 Å². The highest BCUT2D eigenvalue weighted by Crippen LogP contribution is 2.44. The van der Waals surface area contributed by atoms with Crippen molar-refractivity contribution in [3.8, 4) is 0 Å². The molecule has 2 aromatic heterocycles. The van der Waals surface area contributed by atoms with Crippen LogP contribution >= 0.6 is 23.6 Å². The average Bonchev–Trinajstić information content (AvgIpc) is 3.32. The molecule has 1 aliphatic rings. The number of thiocarbonyl (C=S) groups is 1. The Kier molecular flexibility index (Phi) is 6.31. The molecule has 3 heterocycles. The van der Waals surface area contributed by atoms with Crippen molar-refractivity contribution in [2.24, 2.45) is 0 Å². The molecule has 8 heteroatoms. The van der Waals surface area contributed by atoms with Crippen LogP contribution in [0.4, 0.5) is 11.4 Å². The number of hydrogen-bond acceptors (Lipinski definition) is 5. The van der Waals surface area contributed by atoms with E-state index in [1.807, 2.05) is 49.5 Å². The van der Waals surface area contributed by atoms with Crippen LogP contribution in [-0.4, -0.2) is 29.7 Å². The fourth-order valence-electron chi connectivity index (χ4n) is 3.84. The smallest absolute Gasteiger partial charge is 0.250 e. The van der Waals surface area contributed by atoms with Gasteiger partial charge in [-0.25, -0.2) is 0 Å².